The van der Waals surface area contributed by atoms with Gasteiger partial charge < -0.3 is 9.88 Å². The van der Waals surface area contributed by atoms with E-state index in [1.54, 1.807) is 12.4 Å². The highest BCUT2D eigenvalue weighted by Crippen LogP contribution is 2.37. The van der Waals surface area contributed by atoms with E-state index in [0.29, 0.717) is 12.3 Å². The van der Waals surface area contributed by atoms with Crippen LogP contribution >= 0.6 is 0 Å². The second-order valence-electron chi connectivity index (χ2n) is 6.40. The number of carbonyl (C=O) groups is 1. The number of hydrogen-bond acceptors (Lipinski definition) is 3. The molecule has 1 N–H and O–H groups in total. The Balaban J connectivity index is 1.73. The Bertz CT molecular complexity index is 816. The number of benzene rings is 1. The molecule has 0 fully saturated rings. The van der Waals surface area contributed by atoms with Crippen LogP contribution in [0.4, 0.5) is 0 Å². The summed E-state index contributed by atoms with van der Waals surface area (Å²) >= 11 is 0. The summed E-state index contributed by atoms with van der Waals surface area (Å²) in [5, 5.41) is 4.33. The average Bonchev–Trinajstić information content (AvgIpc) is 2.91. The lowest BCUT2D eigenvalue weighted by Crippen LogP contribution is -2.30. The van der Waals surface area contributed by atoms with Gasteiger partial charge >= 0.3 is 0 Å². The zero-order valence-electron chi connectivity index (χ0n) is 13.2. The van der Waals surface area contributed by atoms with E-state index in [1.807, 2.05) is 0 Å². The van der Waals surface area contributed by atoms with Crippen molar-refractivity contribution in [2.24, 2.45) is 10.9 Å². The summed E-state index contributed by atoms with van der Waals surface area (Å²) in [5.74, 6) is 0.335. The molecule has 4 rings (SSSR count). The van der Waals surface area contributed by atoms with E-state index in [-0.39, 0.29) is 5.92 Å². The Morgan fingerprint density at radius 1 is 1.39 bits per heavy atom. The van der Waals surface area contributed by atoms with Crippen molar-refractivity contribution in [1.29, 1.82) is 0 Å². The molecular weight excluding hydrogens is 286 g/mol. The first-order chi connectivity index (χ1) is 11.3. The smallest absolute Gasteiger partial charge is 0.170 e. The lowest BCUT2D eigenvalue weighted by Gasteiger charge is -2.23. The van der Waals surface area contributed by atoms with E-state index in [4.69, 9.17) is 0 Å². The lowest BCUT2D eigenvalue weighted by atomic mass is 9.85. The molecule has 1 aliphatic heterocycles. The predicted molar refractivity (Wildman–Crippen MR) is 93.1 cm³/mol. The molecule has 1 atom stereocenters. The van der Waals surface area contributed by atoms with Crippen molar-refractivity contribution in [2.45, 2.75) is 32.2 Å². The highest BCUT2D eigenvalue weighted by molar-refractivity contribution is 6.12. The first-order valence-corrected chi connectivity index (χ1v) is 8.32. The standard InChI is InChI=1S/C19H21N3O/c1-20-9-10-21-12-14-7-8-16-17(19(14)23)15-6-2-4-13-5-3-11-22(16)18(13)15/h2,4,6,9-10,14,21H,1,3,5,7-8,11-12H2/b10-9-. The Hall–Kier alpha value is -2.36. The highest BCUT2D eigenvalue weighted by atomic mass is 16.1. The van der Waals surface area contributed by atoms with Gasteiger partial charge in [-0.1, -0.05) is 18.2 Å². The van der Waals surface area contributed by atoms with Gasteiger partial charge in [-0.25, -0.2) is 0 Å². The van der Waals surface area contributed by atoms with Crippen LogP contribution in [-0.2, 0) is 19.4 Å². The number of aryl methyl sites for hydroxylation is 2. The van der Waals surface area contributed by atoms with E-state index in [1.165, 1.54) is 23.2 Å². The minimum atomic E-state index is 0.0421. The molecule has 1 unspecified atom stereocenters. The molecule has 0 spiro atoms. The van der Waals surface area contributed by atoms with Crippen molar-refractivity contribution in [3.8, 4) is 0 Å². The quantitative estimate of drug-likeness (QED) is 0.882. The Labute approximate surface area is 135 Å². The number of Topliss-reactive ketones (excluding diaryl/α,β-unsaturated/α-hetero) is 1. The fourth-order valence-corrected chi connectivity index (χ4v) is 4.10. The maximum Gasteiger partial charge on any atom is 0.170 e. The molecule has 23 heavy (non-hydrogen) atoms. The molecule has 0 saturated heterocycles. The zero-order chi connectivity index (χ0) is 15.8. The molecule has 0 radical (unpaired) electrons. The van der Waals surface area contributed by atoms with Gasteiger partial charge in [-0.15, -0.1) is 0 Å². The highest BCUT2D eigenvalue weighted by Gasteiger charge is 2.33. The van der Waals surface area contributed by atoms with Gasteiger partial charge in [-0.2, -0.15) is 0 Å². The molecular formula is C19H21N3O. The first kappa shape index (κ1) is 14.2. The molecule has 1 aliphatic carbocycles. The molecule has 118 valence electrons. The minimum Gasteiger partial charge on any atom is -0.389 e. The summed E-state index contributed by atoms with van der Waals surface area (Å²) in [5.41, 5.74) is 4.94. The number of fused-ring (bicyclic) bond motifs is 3. The Morgan fingerprint density at radius 2 is 2.30 bits per heavy atom. The van der Waals surface area contributed by atoms with Gasteiger partial charge in [0.15, 0.2) is 5.78 Å². The third kappa shape index (κ3) is 2.21. The van der Waals surface area contributed by atoms with E-state index in [2.05, 4.69) is 39.8 Å². The first-order valence-electron chi connectivity index (χ1n) is 8.32. The van der Waals surface area contributed by atoms with Gasteiger partial charge in [-0.3, -0.25) is 9.79 Å². The second kappa shape index (κ2) is 5.69. The molecule has 1 aromatic carbocycles. The summed E-state index contributed by atoms with van der Waals surface area (Å²) < 4.78 is 2.41. The van der Waals surface area contributed by atoms with Crippen molar-refractivity contribution in [3.05, 3.63) is 47.4 Å². The number of rotatable bonds is 4. The van der Waals surface area contributed by atoms with Gasteiger partial charge in [0.25, 0.3) is 0 Å². The van der Waals surface area contributed by atoms with Gasteiger partial charge in [0.2, 0.25) is 0 Å². The maximum atomic E-state index is 13.0. The molecule has 0 saturated carbocycles. The SMILES string of the molecule is C=N/C=C\NCC1CCc2c(c3cccc4c3n2CCC4)C1=O. The largest absolute Gasteiger partial charge is 0.389 e. The van der Waals surface area contributed by atoms with Crippen molar-refractivity contribution in [3.63, 3.8) is 0 Å². The van der Waals surface area contributed by atoms with Crippen LogP contribution in [0.2, 0.25) is 0 Å². The van der Waals surface area contributed by atoms with Crippen LogP contribution in [0.5, 0.6) is 0 Å². The van der Waals surface area contributed by atoms with Crippen LogP contribution in [0.15, 0.2) is 35.6 Å². The lowest BCUT2D eigenvalue weighted by molar-refractivity contribution is 0.0903. The Kier molecular flexibility index (Phi) is 3.52. The van der Waals surface area contributed by atoms with Crippen molar-refractivity contribution in [2.75, 3.05) is 6.54 Å². The van der Waals surface area contributed by atoms with Gasteiger partial charge in [0, 0.05) is 48.1 Å². The van der Waals surface area contributed by atoms with Gasteiger partial charge in [0.05, 0.1) is 5.52 Å². The topological polar surface area (TPSA) is 46.4 Å². The molecule has 0 amide bonds. The fraction of sp³-hybridized carbons (Fsp3) is 0.368. The third-order valence-electron chi connectivity index (χ3n) is 5.11. The minimum absolute atomic E-state index is 0.0421. The number of para-hydroxylation sites is 1. The molecule has 4 heteroatoms. The second-order valence-corrected chi connectivity index (χ2v) is 6.40. The summed E-state index contributed by atoms with van der Waals surface area (Å²) in [7, 11) is 0. The van der Waals surface area contributed by atoms with E-state index < -0.39 is 0 Å². The van der Waals surface area contributed by atoms with Crippen molar-refractivity contribution >= 4 is 23.4 Å². The summed E-state index contributed by atoms with van der Waals surface area (Å²) in [6, 6.07) is 6.43. The summed E-state index contributed by atoms with van der Waals surface area (Å²) in [6.45, 7) is 5.12. The average molecular weight is 307 g/mol. The molecule has 2 aromatic rings. The third-order valence-corrected chi connectivity index (χ3v) is 5.11. The Morgan fingerprint density at radius 3 is 3.17 bits per heavy atom. The van der Waals surface area contributed by atoms with E-state index in [9.17, 15) is 4.79 Å². The van der Waals surface area contributed by atoms with Crippen LogP contribution < -0.4 is 5.32 Å². The molecule has 0 bridgehead atoms. The number of ketones is 1. The molecule has 4 nitrogen and oxygen atoms in total. The number of aliphatic imine (C=N–C) groups is 1. The van der Waals surface area contributed by atoms with Crippen LogP contribution in [0.1, 0.15) is 34.5 Å². The monoisotopic (exact) mass is 307 g/mol. The van der Waals surface area contributed by atoms with Crippen molar-refractivity contribution < 1.29 is 4.79 Å². The van der Waals surface area contributed by atoms with E-state index >= 15 is 0 Å². The van der Waals surface area contributed by atoms with Crippen LogP contribution in [-0.4, -0.2) is 23.6 Å². The van der Waals surface area contributed by atoms with Crippen molar-refractivity contribution in [1.82, 2.24) is 9.88 Å². The molecule has 1 aromatic heterocycles. The van der Waals surface area contributed by atoms with Gasteiger partial charge in [-0.05, 0) is 38.0 Å². The normalized spacial score (nSPS) is 20.0. The molecule has 2 aliphatic rings. The maximum absolute atomic E-state index is 13.0. The number of carbonyl (C=O) groups excluding carboxylic acids is 1. The fourth-order valence-electron chi connectivity index (χ4n) is 4.10. The van der Waals surface area contributed by atoms with Gasteiger partial charge in [0.1, 0.15) is 0 Å². The summed E-state index contributed by atoms with van der Waals surface area (Å²) in [6.07, 6.45) is 7.57. The summed E-state index contributed by atoms with van der Waals surface area (Å²) in [4.78, 5) is 16.7. The van der Waals surface area contributed by atoms with Crippen LogP contribution in [0.25, 0.3) is 10.9 Å². The van der Waals surface area contributed by atoms with Crippen LogP contribution in [0, 0.1) is 5.92 Å². The predicted octanol–water partition coefficient (Wildman–Crippen LogP) is 3.09. The number of aromatic nitrogens is 1. The number of nitrogens with one attached hydrogen (secondary N) is 1. The number of hydrogen-bond donors (Lipinski definition) is 1. The van der Waals surface area contributed by atoms with E-state index in [0.717, 1.165) is 36.8 Å². The number of nitrogens with zero attached hydrogens (tertiary/aromatic N) is 2. The van der Waals surface area contributed by atoms with Crippen LogP contribution in [0.3, 0.4) is 0 Å². The zero-order valence-corrected chi connectivity index (χ0v) is 13.2. The molecule has 2 heterocycles.